The van der Waals surface area contributed by atoms with Gasteiger partial charge in [0.2, 0.25) is 0 Å². The van der Waals surface area contributed by atoms with Crippen LogP contribution in [0.25, 0.3) is 10.9 Å². The number of halogens is 1. The van der Waals surface area contributed by atoms with Crippen molar-refractivity contribution >= 4 is 20.7 Å². The zero-order valence-electron chi connectivity index (χ0n) is 9.73. The lowest BCUT2D eigenvalue weighted by Crippen LogP contribution is -2.17. The molecule has 18 heavy (non-hydrogen) atoms. The van der Waals surface area contributed by atoms with Gasteiger partial charge in [0.25, 0.3) is 5.56 Å². The van der Waals surface area contributed by atoms with Crippen molar-refractivity contribution in [1.82, 2.24) is 4.98 Å². The highest BCUT2D eigenvalue weighted by molar-refractivity contribution is 7.90. The molecule has 0 fully saturated rings. The van der Waals surface area contributed by atoms with Gasteiger partial charge in [0.1, 0.15) is 5.82 Å². The Hall–Kier alpha value is -1.69. The van der Waals surface area contributed by atoms with Crippen molar-refractivity contribution < 1.29 is 12.8 Å². The smallest absolute Gasteiger partial charge is 0.252 e. The van der Waals surface area contributed by atoms with E-state index < -0.39 is 21.2 Å². The van der Waals surface area contributed by atoms with E-state index in [9.17, 15) is 17.6 Å². The number of fused-ring (bicyclic) bond motifs is 1. The first-order valence-corrected chi connectivity index (χ1v) is 7.25. The number of sulfone groups is 1. The molecule has 1 aromatic carbocycles. The molecule has 0 aliphatic rings. The second kappa shape index (κ2) is 4.53. The molecule has 0 saturated carbocycles. The highest BCUT2D eigenvalue weighted by Gasteiger charge is 2.12. The first-order chi connectivity index (χ1) is 8.41. The molecule has 0 amide bonds. The van der Waals surface area contributed by atoms with Crippen LogP contribution in [0.5, 0.6) is 0 Å². The number of pyridine rings is 1. The summed E-state index contributed by atoms with van der Waals surface area (Å²) in [6.45, 7) is 1.53. The average Bonchev–Trinajstić information content (AvgIpc) is 2.30. The molecule has 0 saturated heterocycles. The first-order valence-electron chi connectivity index (χ1n) is 5.43. The Morgan fingerprint density at radius 2 is 2.00 bits per heavy atom. The number of aromatic nitrogens is 1. The van der Waals surface area contributed by atoms with Crippen molar-refractivity contribution in [1.29, 1.82) is 0 Å². The van der Waals surface area contributed by atoms with Crippen LogP contribution >= 0.6 is 0 Å². The SMILES string of the molecule is CCS(=O)(=O)Cc1cc2ccc(F)cc2[nH]c1=O. The zero-order chi connectivity index (χ0) is 13.3. The van der Waals surface area contributed by atoms with Crippen LogP contribution in [0.15, 0.2) is 29.1 Å². The number of aromatic amines is 1. The number of hydrogen-bond donors (Lipinski definition) is 1. The molecule has 1 aromatic heterocycles. The lowest BCUT2D eigenvalue weighted by molar-refractivity contribution is 0.596. The summed E-state index contributed by atoms with van der Waals surface area (Å²) in [5, 5.41) is 0.609. The third kappa shape index (κ3) is 2.59. The van der Waals surface area contributed by atoms with Gasteiger partial charge in [-0.2, -0.15) is 0 Å². The van der Waals surface area contributed by atoms with Crippen molar-refractivity contribution in [3.63, 3.8) is 0 Å². The monoisotopic (exact) mass is 269 g/mol. The largest absolute Gasteiger partial charge is 0.322 e. The summed E-state index contributed by atoms with van der Waals surface area (Å²) in [6, 6.07) is 5.46. The predicted molar refractivity (Wildman–Crippen MR) is 67.7 cm³/mol. The van der Waals surface area contributed by atoms with Crippen LogP contribution in [0.3, 0.4) is 0 Å². The molecule has 0 radical (unpaired) electrons. The molecule has 0 aliphatic carbocycles. The third-order valence-electron chi connectivity index (χ3n) is 2.70. The molecular weight excluding hydrogens is 257 g/mol. The average molecular weight is 269 g/mol. The van der Waals surface area contributed by atoms with Crippen LogP contribution in [-0.4, -0.2) is 19.2 Å². The standard InChI is InChI=1S/C12H12FNO3S/c1-2-18(16,17)7-9-5-8-3-4-10(13)6-11(8)14-12(9)15/h3-6H,2,7H2,1H3,(H,14,15). The van der Waals surface area contributed by atoms with Crippen LogP contribution in [-0.2, 0) is 15.6 Å². The van der Waals surface area contributed by atoms with Crippen LogP contribution in [0, 0.1) is 5.82 Å². The maximum Gasteiger partial charge on any atom is 0.252 e. The van der Waals surface area contributed by atoms with E-state index in [1.54, 1.807) is 0 Å². The fourth-order valence-electron chi connectivity index (χ4n) is 1.66. The van der Waals surface area contributed by atoms with Crippen molar-refractivity contribution in [2.24, 2.45) is 0 Å². The summed E-state index contributed by atoms with van der Waals surface area (Å²) in [7, 11) is -3.27. The van der Waals surface area contributed by atoms with Crippen molar-refractivity contribution in [3.8, 4) is 0 Å². The minimum Gasteiger partial charge on any atom is -0.322 e. The minimum absolute atomic E-state index is 0.0199. The third-order valence-corrected chi connectivity index (χ3v) is 4.33. The summed E-state index contributed by atoms with van der Waals surface area (Å²) >= 11 is 0. The fourth-order valence-corrected chi connectivity index (χ4v) is 2.56. The van der Waals surface area contributed by atoms with Crippen molar-refractivity contribution in [3.05, 3.63) is 46.0 Å². The molecule has 1 heterocycles. The van der Waals surface area contributed by atoms with Gasteiger partial charge in [0.15, 0.2) is 9.84 Å². The molecule has 0 aliphatic heterocycles. The van der Waals surface area contributed by atoms with Crippen molar-refractivity contribution in [2.75, 3.05) is 5.75 Å². The lowest BCUT2D eigenvalue weighted by atomic mass is 10.2. The van der Waals surface area contributed by atoms with E-state index in [-0.39, 0.29) is 17.1 Å². The molecular formula is C12H12FNO3S. The van der Waals surface area contributed by atoms with Gasteiger partial charge in [-0.15, -0.1) is 0 Å². The molecule has 0 spiro atoms. The normalized spacial score (nSPS) is 11.9. The van der Waals surface area contributed by atoms with Crippen molar-refractivity contribution in [2.45, 2.75) is 12.7 Å². The number of benzene rings is 1. The molecule has 6 heteroatoms. The van der Waals surface area contributed by atoms with E-state index in [2.05, 4.69) is 4.98 Å². The fraction of sp³-hybridized carbons (Fsp3) is 0.250. The van der Waals surface area contributed by atoms with Gasteiger partial charge in [-0.25, -0.2) is 12.8 Å². The Kier molecular flexibility index (Phi) is 3.21. The topological polar surface area (TPSA) is 67.0 Å². The van der Waals surface area contributed by atoms with Crippen LogP contribution < -0.4 is 5.56 Å². The molecule has 2 aromatic rings. The maximum absolute atomic E-state index is 13.0. The summed E-state index contributed by atoms with van der Waals surface area (Å²) in [6.07, 6.45) is 0. The Labute approximate surface area is 103 Å². The van der Waals surface area contributed by atoms with Gasteiger partial charge in [-0.05, 0) is 29.7 Å². The number of nitrogens with one attached hydrogen (secondary N) is 1. The van der Waals surface area contributed by atoms with Gasteiger partial charge in [-0.1, -0.05) is 6.92 Å². The summed E-state index contributed by atoms with van der Waals surface area (Å²) in [5.41, 5.74) is 0.0405. The van der Waals surface area contributed by atoms with E-state index in [4.69, 9.17) is 0 Å². The second-order valence-corrected chi connectivity index (χ2v) is 6.39. The second-order valence-electron chi connectivity index (χ2n) is 4.03. The Balaban J connectivity index is 2.57. The summed E-state index contributed by atoms with van der Waals surface area (Å²) in [5.74, 6) is -0.771. The van der Waals surface area contributed by atoms with Gasteiger partial charge in [0, 0.05) is 11.3 Å². The molecule has 0 atom stereocenters. The van der Waals surface area contributed by atoms with Gasteiger partial charge >= 0.3 is 0 Å². The first kappa shape index (κ1) is 12.8. The van der Waals surface area contributed by atoms with Crippen LogP contribution in [0.1, 0.15) is 12.5 Å². The van der Waals surface area contributed by atoms with Gasteiger partial charge in [-0.3, -0.25) is 4.79 Å². The van der Waals surface area contributed by atoms with Gasteiger partial charge in [0.05, 0.1) is 11.3 Å². The quantitative estimate of drug-likeness (QED) is 0.920. The highest BCUT2D eigenvalue weighted by Crippen LogP contribution is 2.14. The van der Waals surface area contributed by atoms with E-state index in [1.807, 2.05) is 0 Å². The number of rotatable bonds is 3. The summed E-state index contributed by atoms with van der Waals surface area (Å²) < 4.78 is 36.0. The summed E-state index contributed by atoms with van der Waals surface area (Å²) in [4.78, 5) is 14.2. The van der Waals surface area contributed by atoms with Crippen LogP contribution in [0.2, 0.25) is 0 Å². The van der Waals surface area contributed by atoms with E-state index in [0.29, 0.717) is 10.9 Å². The Morgan fingerprint density at radius 1 is 1.28 bits per heavy atom. The molecule has 1 N–H and O–H groups in total. The molecule has 96 valence electrons. The van der Waals surface area contributed by atoms with E-state index in [0.717, 1.165) is 0 Å². The molecule has 2 rings (SSSR count). The highest BCUT2D eigenvalue weighted by atomic mass is 32.2. The number of hydrogen-bond acceptors (Lipinski definition) is 3. The van der Waals surface area contributed by atoms with Gasteiger partial charge < -0.3 is 4.98 Å². The lowest BCUT2D eigenvalue weighted by Gasteiger charge is -2.03. The zero-order valence-corrected chi connectivity index (χ0v) is 10.6. The molecule has 0 bridgehead atoms. The number of H-pyrrole nitrogens is 1. The maximum atomic E-state index is 13.0. The van der Waals surface area contributed by atoms with E-state index in [1.165, 1.54) is 31.2 Å². The van der Waals surface area contributed by atoms with Crippen LogP contribution in [0.4, 0.5) is 4.39 Å². The molecule has 0 unspecified atom stereocenters. The minimum atomic E-state index is -3.27. The Bertz CT molecular complexity index is 749. The predicted octanol–water partition coefficient (Wildman–Crippen LogP) is 1.60. The Morgan fingerprint density at radius 3 is 2.67 bits per heavy atom. The molecule has 4 nitrogen and oxygen atoms in total. The van der Waals surface area contributed by atoms with E-state index >= 15 is 0 Å².